The Balaban J connectivity index is 1.62. The van der Waals surface area contributed by atoms with E-state index in [0.717, 1.165) is 31.7 Å². The Morgan fingerprint density at radius 1 is 1.21 bits per heavy atom. The number of nitrogens with one attached hydrogen (secondary N) is 2. The Bertz CT molecular complexity index is 686. The second-order valence-electron chi connectivity index (χ2n) is 5.37. The van der Waals surface area contributed by atoms with E-state index in [2.05, 4.69) is 20.6 Å². The Kier molecular flexibility index (Phi) is 5.07. The number of nitrogens with two attached hydrogens (primary N) is 1. The SMILES string of the molecule is NC(=O)Oc1ccc(Nc2ccnc(NC3CCOCC3)n2)cc1. The third-order valence-corrected chi connectivity index (χ3v) is 3.56. The molecular weight excluding hydrogens is 310 g/mol. The fourth-order valence-electron chi connectivity index (χ4n) is 2.39. The van der Waals surface area contributed by atoms with Crippen LogP contribution in [0.3, 0.4) is 0 Å². The number of primary amides is 1. The minimum Gasteiger partial charge on any atom is -0.411 e. The Morgan fingerprint density at radius 2 is 1.96 bits per heavy atom. The molecule has 1 aliphatic rings. The van der Waals surface area contributed by atoms with Crippen molar-refractivity contribution in [1.29, 1.82) is 0 Å². The highest BCUT2D eigenvalue weighted by Gasteiger charge is 2.14. The largest absolute Gasteiger partial charge is 0.411 e. The van der Waals surface area contributed by atoms with Crippen LogP contribution in [0.1, 0.15) is 12.8 Å². The molecule has 0 saturated carbocycles. The molecule has 1 aromatic carbocycles. The van der Waals surface area contributed by atoms with Crippen LogP contribution >= 0.6 is 0 Å². The smallest absolute Gasteiger partial charge is 0.409 e. The predicted octanol–water partition coefficient (Wildman–Crippen LogP) is 2.27. The lowest BCUT2D eigenvalue weighted by atomic mass is 10.1. The average molecular weight is 329 g/mol. The molecule has 3 rings (SSSR count). The van der Waals surface area contributed by atoms with Crippen molar-refractivity contribution in [3.8, 4) is 5.75 Å². The number of carbonyl (C=O) groups excluding carboxylic acids is 1. The van der Waals surface area contributed by atoms with Crippen molar-refractivity contribution in [3.63, 3.8) is 0 Å². The molecule has 0 aliphatic carbocycles. The van der Waals surface area contributed by atoms with Crippen LogP contribution in [0.5, 0.6) is 5.75 Å². The minimum atomic E-state index is -0.838. The zero-order valence-corrected chi connectivity index (χ0v) is 13.1. The summed E-state index contributed by atoms with van der Waals surface area (Å²) in [6.45, 7) is 1.52. The third kappa shape index (κ3) is 4.56. The summed E-state index contributed by atoms with van der Waals surface area (Å²) in [7, 11) is 0. The fraction of sp³-hybridized carbons (Fsp3) is 0.312. The van der Waals surface area contributed by atoms with E-state index < -0.39 is 6.09 Å². The number of benzene rings is 1. The number of carbonyl (C=O) groups is 1. The van der Waals surface area contributed by atoms with Gasteiger partial charge in [0, 0.05) is 31.1 Å². The summed E-state index contributed by atoms with van der Waals surface area (Å²) < 4.78 is 10.1. The zero-order chi connectivity index (χ0) is 16.8. The number of nitrogens with zero attached hydrogens (tertiary/aromatic N) is 2. The molecular formula is C16H19N5O3. The van der Waals surface area contributed by atoms with Crippen LogP contribution in [0.25, 0.3) is 0 Å². The van der Waals surface area contributed by atoms with Gasteiger partial charge in [-0.05, 0) is 43.2 Å². The van der Waals surface area contributed by atoms with Crippen molar-refractivity contribution in [3.05, 3.63) is 36.5 Å². The maximum absolute atomic E-state index is 10.7. The summed E-state index contributed by atoms with van der Waals surface area (Å²) >= 11 is 0. The number of hydrogen-bond donors (Lipinski definition) is 3. The molecule has 2 aromatic rings. The van der Waals surface area contributed by atoms with Crippen molar-refractivity contribution in [1.82, 2.24) is 9.97 Å². The predicted molar refractivity (Wildman–Crippen MR) is 89.4 cm³/mol. The van der Waals surface area contributed by atoms with Gasteiger partial charge in [0.15, 0.2) is 0 Å². The number of hydrogen-bond acceptors (Lipinski definition) is 7. The van der Waals surface area contributed by atoms with Gasteiger partial charge in [-0.2, -0.15) is 4.98 Å². The highest BCUT2D eigenvalue weighted by Crippen LogP contribution is 2.20. The molecule has 4 N–H and O–H groups in total. The van der Waals surface area contributed by atoms with Gasteiger partial charge in [0.1, 0.15) is 11.6 Å². The highest BCUT2D eigenvalue weighted by molar-refractivity contribution is 5.68. The summed E-state index contributed by atoms with van der Waals surface area (Å²) in [5.41, 5.74) is 5.78. The summed E-state index contributed by atoms with van der Waals surface area (Å²) in [4.78, 5) is 19.4. The van der Waals surface area contributed by atoms with Gasteiger partial charge in [0.05, 0.1) is 0 Å². The Labute approximate surface area is 139 Å². The first-order valence-corrected chi connectivity index (χ1v) is 7.71. The zero-order valence-electron chi connectivity index (χ0n) is 13.1. The maximum atomic E-state index is 10.7. The summed E-state index contributed by atoms with van der Waals surface area (Å²) in [5.74, 6) is 1.64. The normalized spacial score (nSPS) is 14.8. The molecule has 0 atom stereocenters. The molecule has 1 fully saturated rings. The summed E-state index contributed by atoms with van der Waals surface area (Å²) in [6.07, 6.45) is 2.75. The molecule has 1 aromatic heterocycles. The number of aromatic nitrogens is 2. The Hall–Kier alpha value is -2.87. The first-order valence-electron chi connectivity index (χ1n) is 7.71. The second kappa shape index (κ2) is 7.60. The van der Waals surface area contributed by atoms with Gasteiger partial charge >= 0.3 is 6.09 Å². The molecule has 8 heteroatoms. The van der Waals surface area contributed by atoms with Gasteiger partial charge in [0.2, 0.25) is 5.95 Å². The molecule has 0 unspecified atom stereocenters. The van der Waals surface area contributed by atoms with Crippen LogP contribution in [0.2, 0.25) is 0 Å². The second-order valence-corrected chi connectivity index (χ2v) is 5.37. The molecule has 2 heterocycles. The van der Waals surface area contributed by atoms with E-state index >= 15 is 0 Å². The van der Waals surface area contributed by atoms with Gasteiger partial charge in [-0.15, -0.1) is 0 Å². The summed E-state index contributed by atoms with van der Waals surface area (Å²) in [6, 6.07) is 8.95. The van der Waals surface area contributed by atoms with Crippen LogP contribution < -0.4 is 21.1 Å². The molecule has 1 amide bonds. The molecule has 0 bridgehead atoms. The highest BCUT2D eigenvalue weighted by atomic mass is 16.5. The van der Waals surface area contributed by atoms with E-state index in [-0.39, 0.29) is 0 Å². The van der Waals surface area contributed by atoms with Crippen molar-refractivity contribution >= 4 is 23.5 Å². The van der Waals surface area contributed by atoms with Crippen molar-refractivity contribution in [2.45, 2.75) is 18.9 Å². The third-order valence-electron chi connectivity index (χ3n) is 3.56. The van der Waals surface area contributed by atoms with Crippen LogP contribution in [0.15, 0.2) is 36.5 Å². The maximum Gasteiger partial charge on any atom is 0.409 e. The van der Waals surface area contributed by atoms with Gasteiger partial charge in [-0.25, -0.2) is 9.78 Å². The van der Waals surface area contributed by atoms with Crippen LogP contribution in [-0.4, -0.2) is 35.3 Å². The molecule has 8 nitrogen and oxygen atoms in total. The number of anilines is 3. The molecule has 0 radical (unpaired) electrons. The van der Waals surface area contributed by atoms with Crippen molar-refractivity contribution in [2.24, 2.45) is 5.73 Å². The van der Waals surface area contributed by atoms with Gasteiger partial charge < -0.3 is 25.8 Å². The number of amides is 1. The first kappa shape index (κ1) is 16.0. The van der Waals surface area contributed by atoms with Crippen molar-refractivity contribution in [2.75, 3.05) is 23.8 Å². The van der Waals surface area contributed by atoms with Gasteiger partial charge in [-0.1, -0.05) is 0 Å². The lowest BCUT2D eigenvalue weighted by Crippen LogP contribution is -2.28. The minimum absolute atomic E-state index is 0.333. The van der Waals surface area contributed by atoms with Gasteiger partial charge in [0.25, 0.3) is 0 Å². The molecule has 0 spiro atoms. The van der Waals surface area contributed by atoms with Gasteiger partial charge in [-0.3, -0.25) is 0 Å². The molecule has 1 saturated heterocycles. The first-order chi connectivity index (χ1) is 11.7. The Morgan fingerprint density at radius 3 is 2.67 bits per heavy atom. The standard InChI is InChI=1S/C16H19N5O3/c17-15(22)24-13-3-1-11(2-4-13)19-14-5-8-18-16(21-14)20-12-6-9-23-10-7-12/h1-5,8,12H,6-7,9-10H2,(H2,17,22)(H2,18,19,20,21). The van der Waals surface area contributed by atoms with E-state index in [4.69, 9.17) is 15.2 Å². The van der Waals surface area contributed by atoms with E-state index in [9.17, 15) is 4.79 Å². The van der Waals surface area contributed by atoms with Crippen LogP contribution in [0, 0.1) is 0 Å². The average Bonchev–Trinajstić information content (AvgIpc) is 2.57. The number of ether oxygens (including phenoxy) is 2. The fourth-order valence-corrected chi connectivity index (χ4v) is 2.39. The molecule has 1 aliphatic heterocycles. The van der Waals surface area contributed by atoms with E-state index in [1.807, 2.05) is 0 Å². The van der Waals surface area contributed by atoms with Crippen molar-refractivity contribution < 1.29 is 14.3 Å². The molecule has 24 heavy (non-hydrogen) atoms. The summed E-state index contributed by atoms with van der Waals surface area (Å²) in [5, 5.41) is 6.50. The molecule has 126 valence electrons. The monoisotopic (exact) mass is 329 g/mol. The van der Waals surface area contributed by atoms with E-state index in [0.29, 0.717) is 23.6 Å². The topological polar surface area (TPSA) is 111 Å². The van der Waals surface area contributed by atoms with Crippen LogP contribution in [0.4, 0.5) is 22.2 Å². The van der Waals surface area contributed by atoms with Crippen LogP contribution in [-0.2, 0) is 4.74 Å². The quantitative estimate of drug-likeness (QED) is 0.771. The number of rotatable bonds is 5. The van der Waals surface area contributed by atoms with E-state index in [1.54, 1.807) is 36.5 Å². The lowest BCUT2D eigenvalue weighted by molar-refractivity contribution is 0.0903. The van der Waals surface area contributed by atoms with E-state index in [1.165, 1.54) is 0 Å². The lowest BCUT2D eigenvalue weighted by Gasteiger charge is -2.23.